The number of rotatable bonds is 5. The molecule has 0 radical (unpaired) electrons. The fraction of sp³-hybridized carbons (Fsp3) is 0.250. The molecular formula is C12H13N3O3S. The molecule has 0 amide bonds. The van der Waals surface area contributed by atoms with Crippen molar-refractivity contribution >= 4 is 23.1 Å². The van der Waals surface area contributed by atoms with E-state index in [0.717, 1.165) is 4.88 Å². The zero-order valence-corrected chi connectivity index (χ0v) is 11.0. The van der Waals surface area contributed by atoms with E-state index in [1.54, 1.807) is 6.20 Å². The van der Waals surface area contributed by atoms with Crippen LogP contribution in [0.1, 0.15) is 6.92 Å². The zero-order chi connectivity index (χ0) is 13.9. The van der Waals surface area contributed by atoms with E-state index in [4.69, 9.17) is 5.11 Å². The third-order valence-electron chi connectivity index (χ3n) is 2.48. The van der Waals surface area contributed by atoms with E-state index in [1.165, 1.54) is 24.5 Å². The number of nitrogens with one attached hydrogen (secondary N) is 1. The smallest absolute Gasteiger partial charge is 0.337 e. The Morgan fingerprint density at radius 2 is 2.32 bits per heavy atom. The third-order valence-corrected chi connectivity index (χ3v) is 3.38. The summed E-state index contributed by atoms with van der Waals surface area (Å²) < 4.78 is 0. The fourth-order valence-corrected chi connectivity index (χ4v) is 2.01. The Morgan fingerprint density at radius 3 is 2.95 bits per heavy atom. The molecule has 0 saturated carbocycles. The highest BCUT2D eigenvalue weighted by atomic mass is 32.1. The first-order valence-electron chi connectivity index (χ1n) is 5.54. The Bertz CT molecular complexity index is 569. The number of thiophene rings is 1. The molecule has 0 fully saturated rings. The minimum atomic E-state index is -1.85. The predicted molar refractivity (Wildman–Crippen MR) is 72.1 cm³/mol. The molecule has 2 aromatic rings. The highest BCUT2D eigenvalue weighted by Crippen LogP contribution is 2.22. The molecule has 2 rings (SSSR count). The number of aliphatic carboxylic acids is 1. The van der Waals surface area contributed by atoms with Gasteiger partial charge in [0.2, 0.25) is 0 Å². The molecule has 0 unspecified atom stereocenters. The van der Waals surface area contributed by atoms with E-state index in [2.05, 4.69) is 15.3 Å². The lowest BCUT2D eigenvalue weighted by molar-refractivity contribution is -0.155. The van der Waals surface area contributed by atoms with Crippen LogP contribution in [0.3, 0.4) is 0 Å². The number of anilines is 1. The van der Waals surface area contributed by atoms with Gasteiger partial charge < -0.3 is 15.5 Å². The lowest BCUT2D eigenvalue weighted by atomic mass is 10.1. The second-order valence-electron chi connectivity index (χ2n) is 4.20. The van der Waals surface area contributed by atoms with Gasteiger partial charge in [-0.2, -0.15) is 0 Å². The van der Waals surface area contributed by atoms with E-state index in [-0.39, 0.29) is 6.54 Å². The molecule has 2 aromatic heterocycles. The van der Waals surface area contributed by atoms with E-state index < -0.39 is 11.6 Å². The molecule has 6 nitrogen and oxygen atoms in total. The van der Waals surface area contributed by atoms with Gasteiger partial charge in [-0.3, -0.25) is 4.98 Å². The lowest BCUT2D eigenvalue weighted by Gasteiger charge is -2.18. The van der Waals surface area contributed by atoms with Gasteiger partial charge in [-0.1, -0.05) is 6.07 Å². The predicted octanol–water partition coefficient (Wildman–Crippen LogP) is 1.45. The summed E-state index contributed by atoms with van der Waals surface area (Å²) in [6, 6.07) is 3.84. The van der Waals surface area contributed by atoms with Crippen molar-refractivity contribution in [1.29, 1.82) is 0 Å². The zero-order valence-electron chi connectivity index (χ0n) is 10.2. The Hall–Kier alpha value is -1.99. The van der Waals surface area contributed by atoms with Crippen LogP contribution >= 0.6 is 11.3 Å². The van der Waals surface area contributed by atoms with Crippen molar-refractivity contribution in [3.8, 4) is 10.6 Å². The van der Waals surface area contributed by atoms with Crippen molar-refractivity contribution in [3.63, 3.8) is 0 Å². The van der Waals surface area contributed by atoms with Gasteiger partial charge in [-0.15, -0.1) is 11.3 Å². The Kier molecular flexibility index (Phi) is 3.77. The summed E-state index contributed by atoms with van der Waals surface area (Å²) in [7, 11) is 0. The number of hydrogen-bond donors (Lipinski definition) is 3. The van der Waals surface area contributed by atoms with Crippen LogP contribution in [-0.4, -0.2) is 38.3 Å². The Labute approximate surface area is 113 Å². The average molecular weight is 279 g/mol. The van der Waals surface area contributed by atoms with Crippen LogP contribution in [0.25, 0.3) is 10.6 Å². The topological polar surface area (TPSA) is 95.3 Å². The molecule has 2 heterocycles. The van der Waals surface area contributed by atoms with Crippen molar-refractivity contribution in [1.82, 2.24) is 9.97 Å². The van der Waals surface area contributed by atoms with Crippen molar-refractivity contribution < 1.29 is 15.0 Å². The molecule has 0 aliphatic heterocycles. The summed E-state index contributed by atoms with van der Waals surface area (Å²) in [5.41, 5.74) is -1.14. The van der Waals surface area contributed by atoms with E-state index in [9.17, 15) is 9.90 Å². The van der Waals surface area contributed by atoms with Gasteiger partial charge in [-0.05, 0) is 18.4 Å². The summed E-state index contributed by atoms with van der Waals surface area (Å²) in [6.07, 6.45) is 3.11. The van der Waals surface area contributed by atoms with Gasteiger partial charge in [0, 0.05) is 0 Å². The van der Waals surface area contributed by atoms with Crippen LogP contribution in [0.4, 0.5) is 5.82 Å². The van der Waals surface area contributed by atoms with E-state index >= 15 is 0 Å². The highest BCUT2D eigenvalue weighted by Gasteiger charge is 2.29. The molecule has 1 atom stereocenters. The Balaban J connectivity index is 2.10. The van der Waals surface area contributed by atoms with Gasteiger partial charge in [0.15, 0.2) is 5.60 Å². The Morgan fingerprint density at radius 1 is 1.53 bits per heavy atom. The maximum atomic E-state index is 10.8. The summed E-state index contributed by atoms with van der Waals surface area (Å²) in [5.74, 6) is -0.866. The van der Waals surface area contributed by atoms with Gasteiger partial charge in [0.05, 0.1) is 23.8 Å². The summed E-state index contributed by atoms with van der Waals surface area (Å²) in [5, 5.41) is 23.1. The summed E-state index contributed by atoms with van der Waals surface area (Å²) >= 11 is 1.54. The summed E-state index contributed by atoms with van der Waals surface area (Å²) in [6.45, 7) is 1.07. The SMILES string of the molecule is C[C@@](O)(CNc1cncc(-c2cccs2)n1)C(=O)O. The number of aliphatic hydroxyl groups is 1. The molecule has 19 heavy (non-hydrogen) atoms. The normalized spacial score (nSPS) is 13.8. The first-order valence-corrected chi connectivity index (χ1v) is 6.42. The third kappa shape index (κ3) is 3.27. The molecule has 0 spiro atoms. The number of carboxylic acids is 1. The molecule has 100 valence electrons. The van der Waals surface area contributed by atoms with E-state index in [1.807, 2.05) is 17.5 Å². The fourth-order valence-electron chi connectivity index (χ4n) is 1.33. The molecule has 0 aliphatic carbocycles. The standard InChI is InChI=1S/C12H13N3O3S/c1-12(18,11(16)17)7-14-10-6-13-5-8(15-10)9-3-2-4-19-9/h2-6,18H,7H2,1H3,(H,14,15)(H,16,17)/t12-/m1/s1. The van der Waals surface area contributed by atoms with Crippen molar-refractivity contribution in [2.24, 2.45) is 0 Å². The second-order valence-corrected chi connectivity index (χ2v) is 5.15. The van der Waals surface area contributed by atoms with Crippen molar-refractivity contribution in [2.75, 3.05) is 11.9 Å². The number of carboxylic acid groups (broad SMARTS) is 1. The molecular weight excluding hydrogens is 266 g/mol. The molecule has 7 heteroatoms. The quantitative estimate of drug-likeness (QED) is 0.766. The van der Waals surface area contributed by atoms with Crippen LogP contribution in [0.15, 0.2) is 29.9 Å². The maximum Gasteiger partial charge on any atom is 0.337 e. The first-order chi connectivity index (χ1) is 8.99. The molecule has 0 aromatic carbocycles. The number of aromatic nitrogens is 2. The number of hydrogen-bond acceptors (Lipinski definition) is 6. The lowest BCUT2D eigenvalue weighted by Crippen LogP contribution is -2.41. The minimum absolute atomic E-state index is 0.148. The van der Waals surface area contributed by atoms with Crippen LogP contribution in [0, 0.1) is 0 Å². The van der Waals surface area contributed by atoms with Crippen molar-refractivity contribution in [2.45, 2.75) is 12.5 Å². The number of nitrogens with zero attached hydrogens (tertiary/aromatic N) is 2. The van der Waals surface area contributed by atoms with Gasteiger partial charge >= 0.3 is 5.97 Å². The molecule has 0 aliphatic rings. The van der Waals surface area contributed by atoms with Gasteiger partial charge in [0.25, 0.3) is 0 Å². The van der Waals surface area contributed by atoms with Gasteiger partial charge in [-0.25, -0.2) is 9.78 Å². The largest absolute Gasteiger partial charge is 0.479 e. The summed E-state index contributed by atoms with van der Waals surface area (Å²) in [4.78, 5) is 20.1. The molecule has 0 bridgehead atoms. The van der Waals surface area contributed by atoms with Crippen molar-refractivity contribution in [3.05, 3.63) is 29.9 Å². The minimum Gasteiger partial charge on any atom is -0.479 e. The first kappa shape index (κ1) is 13.4. The monoisotopic (exact) mass is 279 g/mol. The van der Waals surface area contributed by atoms with Crippen LogP contribution in [0.5, 0.6) is 0 Å². The number of carbonyl (C=O) groups is 1. The van der Waals surface area contributed by atoms with Crippen LogP contribution in [0.2, 0.25) is 0 Å². The van der Waals surface area contributed by atoms with Gasteiger partial charge in [0.1, 0.15) is 11.5 Å². The van der Waals surface area contributed by atoms with Crippen LogP contribution < -0.4 is 5.32 Å². The van der Waals surface area contributed by atoms with E-state index in [0.29, 0.717) is 11.5 Å². The molecule has 0 saturated heterocycles. The highest BCUT2D eigenvalue weighted by molar-refractivity contribution is 7.13. The second kappa shape index (κ2) is 5.33. The maximum absolute atomic E-state index is 10.8. The molecule has 3 N–H and O–H groups in total. The average Bonchev–Trinajstić information content (AvgIpc) is 2.90. The van der Waals surface area contributed by atoms with Crippen LogP contribution in [-0.2, 0) is 4.79 Å².